The van der Waals surface area contributed by atoms with Crippen LogP contribution in [0.25, 0.3) is 0 Å². The van der Waals surface area contributed by atoms with Crippen molar-refractivity contribution in [3.63, 3.8) is 0 Å². The third-order valence-corrected chi connectivity index (χ3v) is 11.5. The maximum Gasteiger partial charge on any atom is 0.310 e. The monoisotopic (exact) mass is 546 g/mol. The molecule has 2 atom stereocenters. The molecule has 2 aliphatic carbocycles. The van der Waals surface area contributed by atoms with Crippen molar-refractivity contribution in [2.24, 2.45) is 35.5 Å². The molecular weight excluding hydrogens is 488 g/mol. The van der Waals surface area contributed by atoms with Crippen LogP contribution in [0.4, 0.5) is 0 Å². The van der Waals surface area contributed by atoms with Crippen molar-refractivity contribution in [3.05, 3.63) is 0 Å². The van der Waals surface area contributed by atoms with Gasteiger partial charge in [0.2, 0.25) is 0 Å². The number of nitrogens with one attached hydrogen (secondary N) is 1. The lowest BCUT2D eigenvalue weighted by Crippen LogP contribution is -2.48. The summed E-state index contributed by atoms with van der Waals surface area (Å²) >= 11 is 0. The number of hydrogen-bond acceptors (Lipinski definition) is 6. The zero-order valence-corrected chi connectivity index (χ0v) is 26.5. The number of nitrogens with zero attached hydrogens (tertiary/aromatic N) is 1. The highest BCUT2D eigenvalue weighted by Crippen LogP contribution is 2.45. The van der Waals surface area contributed by atoms with Gasteiger partial charge in [0.1, 0.15) is 0 Å². The quantitative estimate of drug-likeness (QED) is 0.375. The van der Waals surface area contributed by atoms with Gasteiger partial charge < -0.3 is 14.8 Å². The Morgan fingerprint density at radius 3 is 1.49 bits per heavy atom. The fourth-order valence-electron chi connectivity index (χ4n) is 8.68. The molecule has 0 bridgehead atoms. The van der Waals surface area contributed by atoms with Gasteiger partial charge in [-0.3, -0.25) is 14.5 Å². The fraction of sp³-hybridized carbons (Fsp3) is 0.939. The molecule has 4 rings (SSSR count). The van der Waals surface area contributed by atoms with Crippen LogP contribution in [0, 0.1) is 35.5 Å². The van der Waals surface area contributed by atoms with Crippen molar-refractivity contribution >= 4 is 11.9 Å². The van der Waals surface area contributed by atoms with Crippen molar-refractivity contribution in [1.29, 1.82) is 0 Å². The van der Waals surface area contributed by atoms with Gasteiger partial charge in [0.05, 0.1) is 25.0 Å². The topological polar surface area (TPSA) is 67.9 Å². The molecule has 4 aliphatic rings. The van der Waals surface area contributed by atoms with Crippen molar-refractivity contribution in [1.82, 2.24) is 10.2 Å². The lowest BCUT2D eigenvalue weighted by atomic mass is 9.69. The first-order valence-corrected chi connectivity index (χ1v) is 15.9. The van der Waals surface area contributed by atoms with Gasteiger partial charge in [-0.25, -0.2) is 0 Å². The number of esters is 2. The Kier molecular flexibility index (Phi) is 8.90. The molecule has 6 heteroatoms. The van der Waals surface area contributed by atoms with Crippen molar-refractivity contribution in [2.45, 2.75) is 142 Å². The number of carbonyl (C=O) groups excluding carboxylic acids is 2. The van der Waals surface area contributed by atoms with E-state index in [9.17, 15) is 9.59 Å². The minimum absolute atomic E-state index is 0.00459. The average molecular weight is 547 g/mol. The summed E-state index contributed by atoms with van der Waals surface area (Å²) in [7, 11) is 2.13. The van der Waals surface area contributed by atoms with E-state index in [0.29, 0.717) is 25.0 Å². The summed E-state index contributed by atoms with van der Waals surface area (Å²) < 4.78 is 11.8. The minimum atomic E-state index is -0.212. The van der Waals surface area contributed by atoms with E-state index >= 15 is 0 Å². The molecule has 2 saturated heterocycles. The number of rotatable bonds is 7. The summed E-state index contributed by atoms with van der Waals surface area (Å²) in [5.41, 5.74) is -0.382. The number of likely N-dealkylation sites (tertiary alicyclic amines) is 1. The number of carbonyl (C=O) groups is 2. The maximum absolute atomic E-state index is 13.0. The van der Waals surface area contributed by atoms with E-state index in [1.165, 1.54) is 51.4 Å². The van der Waals surface area contributed by atoms with Gasteiger partial charge in [-0.05, 0) is 150 Å². The van der Waals surface area contributed by atoms with Crippen LogP contribution < -0.4 is 5.32 Å². The van der Waals surface area contributed by atoms with E-state index < -0.39 is 0 Å². The van der Waals surface area contributed by atoms with Crippen molar-refractivity contribution < 1.29 is 19.1 Å². The Labute approximate surface area is 238 Å². The third-order valence-electron chi connectivity index (χ3n) is 11.5. The number of hydrogen-bond donors (Lipinski definition) is 1. The molecule has 6 nitrogen and oxygen atoms in total. The lowest BCUT2D eigenvalue weighted by Gasteiger charge is -2.38. The van der Waals surface area contributed by atoms with E-state index in [4.69, 9.17) is 9.47 Å². The largest absolute Gasteiger partial charge is 0.465 e. The molecule has 0 amide bonds. The average Bonchev–Trinajstić information content (AvgIpc) is 3.20. The van der Waals surface area contributed by atoms with Gasteiger partial charge in [-0.15, -0.1) is 0 Å². The molecule has 0 radical (unpaired) electrons. The molecule has 2 heterocycles. The van der Waals surface area contributed by atoms with Crippen LogP contribution in [0.1, 0.15) is 120 Å². The van der Waals surface area contributed by atoms with Crippen LogP contribution in [0.5, 0.6) is 0 Å². The first-order valence-electron chi connectivity index (χ1n) is 15.9. The van der Waals surface area contributed by atoms with Crippen LogP contribution in [0.3, 0.4) is 0 Å². The predicted molar refractivity (Wildman–Crippen MR) is 156 cm³/mol. The second kappa shape index (κ2) is 11.3. The molecule has 0 spiro atoms. The minimum Gasteiger partial charge on any atom is -0.465 e. The zero-order valence-electron chi connectivity index (χ0n) is 26.5. The Balaban J connectivity index is 1.14. The van der Waals surface area contributed by atoms with Crippen LogP contribution in [-0.4, -0.2) is 59.3 Å². The van der Waals surface area contributed by atoms with Crippen LogP contribution >= 0.6 is 0 Å². The Morgan fingerprint density at radius 2 is 1.13 bits per heavy atom. The second-order valence-corrected chi connectivity index (χ2v) is 16.1. The highest BCUT2D eigenvalue weighted by atomic mass is 16.5. The molecule has 0 aromatic rings. The number of ether oxygens (including phenoxy) is 2. The molecule has 224 valence electrons. The lowest BCUT2D eigenvalue weighted by molar-refractivity contribution is -0.153. The van der Waals surface area contributed by atoms with Crippen molar-refractivity contribution in [2.75, 3.05) is 20.3 Å². The summed E-state index contributed by atoms with van der Waals surface area (Å²) in [5.74, 6) is 2.47. The molecule has 2 aliphatic heterocycles. The summed E-state index contributed by atoms with van der Waals surface area (Å²) in [4.78, 5) is 28.2. The SMILES string of the molecule is CN1C(C)(C)CC(C(=O)OCC2CCC(C3CCC(COC(=O)C4CC(C)(C)NC4(C)C)CC3)CC2)C1(C)C. The van der Waals surface area contributed by atoms with E-state index in [-0.39, 0.29) is 45.9 Å². The predicted octanol–water partition coefficient (Wildman–Crippen LogP) is 6.36. The van der Waals surface area contributed by atoms with Gasteiger partial charge in [0.25, 0.3) is 0 Å². The molecule has 2 saturated carbocycles. The highest BCUT2D eigenvalue weighted by molar-refractivity contribution is 5.75. The smallest absolute Gasteiger partial charge is 0.310 e. The standard InChI is InChI=1S/C33H58N2O4/c1-30(2)18-26(32(5,6)34-30)28(36)38-20-22-10-14-24(15-11-22)25-16-12-23(13-17-25)21-39-29(37)27-19-31(3,4)35(9)33(27,7)8/h22-27,34H,10-21H2,1-9H3. The summed E-state index contributed by atoms with van der Waals surface area (Å²) in [6.07, 6.45) is 11.4. The fourth-order valence-corrected chi connectivity index (χ4v) is 8.68. The van der Waals surface area contributed by atoms with Crippen molar-refractivity contribution in [3.8, 4) is 0 Å². The second-order valence-electron chi connectivity index (χ2n) is 16.1. The van der Waals surface area contributed by atoms with Crippen LogP contribution in [-0.2, 0) is 19.1 Å². The third kappa shape index (κ3) is 6.85. The molecule has 0 aromatic carbocycles. The summed E-state index contributed by atoms with van der Waals surface area (Å²) in [5, 5.41) is 3.59. The summed E-state index contributed by atoms with van der Waals surface area (Å²) in [6, 6.07) is 0. The van der Waals surface area contributed by atoms with Gasteiger partial charge in [0.15, 0.2) is 0 Å². The van der Waals surface area contributed by atoms with E-state index in [1.54, 1.807) is 0 Å². The normalized spacial score (nSPS) is 37.4. The van der Waals surface area contributed by atoms with Gasteiger partial charge in [0, 0.05) is 22.2 Å². The van der Waals surface area contributed by atoms with Gasteiger partial charge in [-0.2, -0.15) is 0 Å². The van der Waals surface area contributed by atoms with E-state index in [1.807, 2.05) is 0 Å². The zero-order chi connectivity index (χ0) is 28.8. The molecule has 2 unspecified atom stereocenters. The molecule has 39 heavy (non-hydrogen) atoms. The molecule has 0 aromatic heterocycles. The molecule has 4 fully saturated rings. The first-order chi connectivity index (χ1) is 18.0. The van der Waals surface area contributed by atoms with E-state index in [0.717, 1.165) is 24.7 Å². The Bertz CT molecular complexity index is 878. The maximum atomic E-state index is 13.0. The Morgan fingerprint density at radius 1 is 0.692 bits per heavy atom. The van der Waals surface area contributed by atoms with Crippen LogP contribution in [0.2, 0.25) is 0 Å². The summed E-state index contributed by atoms with van der Waals surface area (Å²) in [6.45, 7) is 18.5. The highest BCUT2D eigenvalue weighted by Gasteiger charge is 2.53. The molecule has 1 N–H and O–H groups in total. The first kappa shape index (κ1) is 30.8. The van der Waals surface area contributed by atoms with E-state index in [2.05, 4.69) is 72.7 Å². The van der Waals surface area contributed by atoms with Gasteiger partial charge in [-0.1, -0.05) is 0 Å². The van der Waals surface area contributed by atoms with Gasteiger partial charge >= 0.3 is 11.9 Å². The Hall–Kier alpha value is -1.14. The van der Waals surface area contributed by atoms with Crippen LogP contribution in [0.15, 0.2) is 0 Å². The molecular formula is C33H58N2O4.